The molecule has 1 aliphatic rings. The Hall–Kier alpha value is -2.18. The fourth-order valence-electron chi connectivity index (χ4n) is 1.92. The third-order valence-corrected chi connectivity index (χ3v) is 2.98. The van der Waals surface area contributed by atoms with Crippen LogP contribution in [0.3, 0.4) is 0 Å². The van der Waals surface area contributed by atoms with Gasteiger partial charge in [-0.2, -0.15) is 0 Å². The Labute approximate surface area is 117 Å². The normalized spacial score (nSPS) is 15.4. The number of hydrogen-bond donors (Lipinski definition) is 2. The smallest absolute Gasteiger partial charge is 0.274 e. The van der Waals surface area contributed by atoms with Gasteiger partial charge in [0.25, 0.3) is 5.91 Å². The molecule has 1 aromatic heterocycles. The van der Waals surface area contributed by atoms with Crippen LogP contribution in [0.25, 0.3) is 0 Å². The number of carbonyl (C=O) groups is 2. The molecular weight excluding hydrogens is 258 g/mol. The number of carbonyl (C=O) groups excluding carboxylic acids is 2. The van der Waals surface area contributed by atoms with Crippen LogP contribution in [0.5, 0.6) is 0 Å². The van der Waals surface area contributed by atoms with Crippen molar-refractivity contribution in [2.45, 2.75) is 19.8 Å². The fraction of sp³-hybridized carbons (Fsp3) is 0.538. The summed E-state index contributed by atoms with van der Waals surface area (Å²) in [7, 11) is 0. The molecule has 0 bridgehead atoms. The maximum atomic E-state index is 12.2. The highest BCUT2D eigenvalue weighted by Gasteiger charge is 2.22. The quantitative estimate of drug-likeness (QED) is 0.824. The van der Waals surface area contributed by atoms with Crippen LogP contribution >= 0.6 is 0 Å². The molecule has 1 aromatic rings. The molecule has 7 nitrogen and oxygen atoms in total. The van der Waals surface area contributed by atoms with Gasteiger partial charge in [0.05, 0.1) is 18.9 Å². The minimum absolute atomic E-state index is 0.0797. The summed E-state index contributed by atoms with van der Waals surface area (Å²) in [6, 6.07) is 0. The van der Waals surface area contributed by atoms with Crippen molar-refractivity contribution in [2.24, 2.45) is 0 Å². The lowest BCUT2D eigenvalue weighted by molar-refractivity contribution is -0.121. The minimum atomic E-state index is -0.253. The molecule has 7 heteroatoms. The molecule has 2 heterocycles. The summed E-state index contributed by atoms with van der Waals surface area (Å²) < 4.78 is 0. The van der Waals surface area contributed by atoms with Gasteiger partial charge < -0.3 is 15.5 Å². The van der Waals surface area contributed by atoms with Crippen LogP contribution in [0.15, 0.2) is 12.4 Å². The zero-order chi connectivity index (χ0) is 14.4. The van der Waals surface area contributed by atoms with Gasteiger partial charge in [0.1, 0.15) is 11.5 Å². The summed E-state index contributed by atoms with van der Waals surface area (Å²) in [5, 5.41) is 5.83. The Morgan fingerprint density at radius 3 is 3.00 bits per heavy atom. The van der Waals surface area contributed by atoms with Crippen LogP contribution in [0.2, 0.25) is 0 Å². The van der Waals surface area contributed by atoms with Crippen LogP contribution in [-0.2, 0) is 4.79 Å². The standard InChI is InChI=1S/C13H19N5O2/c1-2-4-14-11-8-16-10(7-17-11)13(20)18-6-3-5-15-12(19)9-18/h7-8H,2-6,9H2,1H3,(H,14,17)(H,15,19). The second kappa shape index (κ2) is 6.83. The predicted octanol–water partition coefficient (Wildman–Crippen LogP) is 0.261. The van der Waals surface area contributed by atoms with Gasteiger partial charge in [0.2, 0.25) is 5.91 Å². The average molecular weight is 277 g/mol. The molecule has 108 valence electrons. The van der Waals surface area contributed by atoms with E-state index in [1.807, 2.05) is 0 Å². The van der Waals surface area contributed by atoms with Crippen molar-refractivity contribution in [1.82, 2.24) is 20.2 Å². The number of rotatable bonds is 4. The van der Waals surface area contributed by atoms with Gasteiger partial charge in [0.15, 0.2) is 0 Å². The number of hydrogen-bond acceptors (Lipinski definition) is 5. The molecule has 0 aliphatic carbocycles. The van der Waals surface area contributed by atoms with E-state index in [0.29, 0.717) is 18.9 Å². The highest BCUT2D eigenvalue weighted by atomic mass is 16.2. The number of nitrogens with one attached hydrogen (secondary N) is 2. The second-order valence-corrected chi connectivity index (χ2v) is 4.64. The van der Waals surface area contributed by atoms with Gasteiger partial charge in [0, 0.05) is 19.6 Å². The van der Waals surface area contributed by atoms with E-state index in [1.165, 1.54) is 11.1 Å². The van der Waals surface area contributed by atoms with Crippen LogP contribution in [0.1, 0.15) is 30.3 Å². The summed E-state index contributed by atoms with van der Waals surface area (Å²) in [6.45, 7) is 4.11. The molecule has 2 N–H and O–H groups in total. The van der Waals surface area contributed by atoms with Crippen LogP contribution in [-0.4, -0.2) is 52.9 Å². The van der Waals surface area contributed by atoms with Crippen molar-refractivity contribution in [3.05, 3.63) is 18.1 Å². The van der Waals surface area contributed by atoms with Gasteiger partial charge >= 0.3 is 0 Å². The van der Waals surface area contributed by atoms with Gasteiger partial charge in [-0.05, 0) is 12.8 Å². The minimum Gasteiger partial charge on any atom is -0.369 e. The Morgan fingerprint density at radius 2 is 2.30 bits per heavy atom. The zero-order valence-electron chi connectivity index (χ0n) is 11.6. The second-order valence-electron chi connectivity index (χ2n) is 4.64. The predicted molar refractivity (Wildman–Crippen MR) is 74.3 cm³/mol. The van der Waals surface area contributed by atoms with Crippen LogP contribution in [0, 0.1) is 0 Å². The van der Waals surface area contributed by atoms with Crippen molar-refractivity contribution >= 4 is 17.6 Å². The molecule has 0 unspecified atom stereocenters. The first-order chi connectivity index (χ1) is 9.70. The van der Waals surface area contributed by atoms with Crippen molar-refractivity contribution in [1.29, 1.82) is 0 Å². The highest BCUT2D eigenvalue weighted by molar-refractivity contribution is 5.94. The van der Waals surface area contributed by atoms with Gasteiger partial charge in [-0.3, -0.25) is 9.59 Å². The SMILES string of the molecule is CCCNc1cnc(C(=O)N2CCCNC(=O)C2)cn1. The molecule has 20 heavy (non-hydrogen) atoms. The first-order valence-electron chi connectivity index (χ1n) is 6.82. The third kappa shape index (κ3) is 3.66. The fourth-order valence-corrected chi connectivity index (χ4v) is 1.92. The summed E-state index contributed by atoms with van der Waals surface area (Å²) in [5.41, 5.74) is 0.266. The Morgan fingerprint density at radius 1 is 1.45 bits per heavy atom. The van der Waals surface area contributed by atoms with Crippen LogP contribution in [0.4, 0.5) is 5.82 Å². The lowest BCUT2D eigenvalue weighted by Gasteiger charge is -2.18. The van der Waals surface area contributed by atoms with Gasteiger partial charge in [-0.1, -0.05) is 6.92 Å². The van der Waals surface area contributed by atoms with Crippen molar-refractivity contribution < 1.29 is 9.59 Å². The molecule has 0 radical (unpaired) electrons. The van der Waals surface area contributed by atoms with E-state index >= 15 is 0 Å². The Kier molecular flexibility index (Phi) is 4.86. The molecule has 2 amide bonds. The number of anilines is 1. The number of aromatic nitrogens is 2. The lowest BCUT2D eigenvalue weighted by atomic mass is 10.3. The first-order valence-corrected chi connectivity index (χ1v) is 6.82. The van der Waals surface area contributed by atoms with E-state index in [0.717, 1.165) is 19.4 Å². The molecule has 0 spiro atoms. The molecule has 0 saturated carbocycles. The maximum Gasteiger partial charge on any atom is 0.274 e. The molecule has 0 aromatic carbocycles. The van der Waals surface area contributed by atoms with Crippen LogP contribution < -0.4 is 10.6 Å². The molecule has 2 rings (SSSR count). The topological polar surface area (TPSA) is 87.2 Å². The van der Waals surface area contributed by atoms with Crippen molar-refractivity contribution in [3.63, 3.8) is 0 Å². The number of amides is 2. The van der Waals surface area contributed by atoms with E-state index < -0.39 is 0 Å². The van der Waals surface area contributed by atoms with Gasteiger partial charge in [-0.15, -0.1) is 0 Å². The first kappa shape index (κ1) is 14.2. The summed E-state index contributed by atoms with van der Waals surface area (Å²) in [6.07, 6.45) is 4.73. The lowest BCUT2D eigenvalue weighted by Crippen LogP contribution is -2.37. The molecular formula is C13H19N5O2. The summed E-state index contributed by atoms with van der Waals surface area (Å²) in [4.78, 5) is 33.5. The average Bonchev–Trinajstić information content (AvgIpc) is 2.69. The molecule has 1 saturated heterocycles. The van der Waals surface area contributed by atoms with E-state index in [9.17, 15) is 9.59 Å². The molecule has 1 aliphatic heterocycles. The van der Waals surface area contributed by atoms with Crippen molar-refractivity contribution in [2.75, 3.05) is 31.5 Å². The van der Waals surface area contributed by atoms with E-state index in [-0.39, 0.29) is 24.1 Å². The van der Waals surface area contributed by atoms with E-state index in [2.05, 4.69) is 27.5 Å². The van der Waals surface area contributed by atoms with Crippen molar-refractivity contribution in [3.8, 4) is 0 Å². The summed E-state index contributed by atoms with van der Waals surface area (Å²) in [5.74, 6) is 0.263. The monoisotopic (exact) mass is 277 g/mol. The third-order valence-electron chi connectivity index (χ3n) is 2.98. The molecule has 1 fully saturated rings. The largest absolute Gasteiger partial charge is 0.369 e. The number of nitrogens with zero attached hydrogens (tertiary/aromatic N) is 3. The van der Waals surface area contributed by atoms with Gasteiger partial charge in [-0.25, -0.2) is 9.97 Å². The summed E-state index contributed by atoms with van der Waals surface area (Å²) >= 11 is 0. The van der Waals surface area contributed by atoms with E-state index in [4.69, 9.17) is 0 Å². The van der Waals surface area contributed by atoms with E-state index in [1.54, 1.807) is 6.20 Å². The maximum absolute atomic E-state index is 12.2. The Bertz CT molecular complexity index is 474. The Balaban J connectivity index is 2.02. The highest BCUT2D eigenvalue weighted by Crippen LogP contribution is 2.06. The zero-order valence-corrected chi connectivity index (χ0v) is 11.6. The molecule has 0 atom stereocenters.